The van der Waals surface area contributed by atoms with E-state index < -0.39 is 12.3 Å². The highest BCUT2D eigenvalue weighted by molar-refractivity contribution is 7.99. The number of benzene rings is 3. The molecule has 3 aromatic carbocycles. The fraction of sp³-hybridized carbons (Fsp3) is 0.448. The Kier molecular flexibility index (Phi) is 15.6. The molecule has 0 spiro atoms. The number of nitrogens with two attached hydrogens (primary N) is 1. The fourth-order valence-corrected chi connectivity index (χ4v) is 12.5. The van der Waals surface area contributed by atoms with Crippen LogP contribution in [0.5, 0.6) is 0 Å². The highest BCUT2D eigenvalue weighted by Gasteiger charge is 2.39. The lowest BCUT2D eigenvalue weighted by Crippen LogP contribution is -2.55. The predicted molar refractivity (Wildman–Crippen MR) is 284 cm³/mol. The molecule has 0 radical (unpaired) electrons. The van der Waals surface area contributed by atoms with E-state index >= 15 is 0 Å². The van der Waals surface area contributed by atoms with E-state index in [-0.39, 0.29) is 42.1 Å². The number of aliphatic hydroxyl groups is 1. The van der Waals surface area contributed by atoms with Crippen molar-refractivity contribution >= 4 is 46.8 Å². The summed E-state index contributed by atoms with van der Waals surface area (Å²) in [5.41, 5.74) is 14.0. The summed E-state index contributed by atoms with van der Waals surface area (Å²) >= 11 is 1.60. The largest absolute Gasteiger partial charge is 0.372 e. The van der Waals surface area contributed by atoms with Crippen molar-refractivity contribution in [2.45, 2.75) is 137 Å². The number of piperazine rings is 1. The molecule has 15 heteroatoms. The van der Waals surface area contributed by atoms with Gasteiger partial charge in [0.25, 0.3) is 17.7 Å². The summed E-state index contributed by atoms with van der Waals surface area (Å²) in [5.74, 6) is 0.540. The van der Waals surface area contributed by atoms with Crippen LogP contribution in [0.2, 0.25) is 0 Å². The molecule has 5 aromatic rings. The molecule has 0 bridgehead atoms. The van der Waals surface area contributed by atoms with Crippen molar-refractivity contribution in [1.29, 1.82) is 0 Å². The topological polar surface area (TPSA) is 186 Å². The number of carbonyl (C=O) groups excluding carboxylic acids is 4. The van der Waals surface area contributed by atoms with Gasteiger partial charge in [-0.3, -0.25) is 24.1 Å². The third-order valence-electron chi connectivity index (χ3n) is 16.0. The fourth-order valence-electron chi connectivity index (χ4n) is 11.7. The minimum atomic E-state index is -1.09. The quantitative estimate of drug-likeness (QED) is 0.0677. The van der Waals surface area contributed by atoms with Gasteiger partial charge < -0.3 is 36.6 Å². The molecule has 2 saturated heterocycles. The second kappa shape index (κ2) is 22.6. The van der Waals surface area contributed by atoms with Crippen LogP contribution in [-0.2, 0) is 30.7 Å². The maximum atomic E-state index is 13.3. The Morgan fingerprint density at radius 1 is 0.795 bits per heavy atom. The molecular weight excluding hydrogens is 935 g/mol. The smallest absolute Gasteiger partial charge is 0.270 e. The van der Waals surface area contributed by atoms with Gasteiger partial charge >= 0.3 is 0 Å². The third-order valence-corrected chi connectivity index (χ3v) is 17.0. The first-order chi connectivity index (χ1) is 35.4. The van der Waals surface area contributed by atoms with E-state index in [1.165, 1.54) is 56.1 Å². The van der Waals surface area contributed by atoms with Gasteiger partial charge in [-0.1, -0.05) is 61.0 Å². The average molecular weight is 1000 g/mol. The summed E-state index contributed by atoms with van der Waals surface area (Å²) in [4.78, 5) is 68.2. The van der Waals surface area contributed by atoms with E-state index in [1.807, 2.05) is 54.7 Å². The van der Waals surface area contributed by atoms with E-state index in [1.54, 1.807) is 35.0 Å². The SMILES string of the molecule is CC1(N)CCCC(Cc2ccc(Sc3cccc(NC(=O)c4ccc(CC5CCC(N6CCN(c7ccc(C(=O)NCc8ccc9c(c8)CN(C8CCC(=O)NC8O)C9=O)nc7)CC6)CC5)cc4)c3)nc2)CC1. The van der Waals surface area contributed by atoms with Crippen molar-refractivity contribution in [2.75, 3.05) is 36.4 Å². The Balaban J connectivity index is 0.622. The van der Waals surface area contributed by atoms with Crippen LogP contribution in [0.1, 0.15) is 131 Å². The van der Waals surface area contributed by atoms with Crippen LogP contribution in [0.25, 0.3) is 0 Å². The molecule has 6 N–H and O–H groups in total. The summed E-state index contributed by atoms with van der Waals surface area (Å²) in [6.45, 7) is 6.62. The summed E-state index contributed by atoms with van der Waals surface area (Å²) in [6, 6.07) is 29.8. The lowest BCUT2D eigenvalue weighted by Gasteiger charge is -2.42. The summed E-state index contributed by atoms with van der Waals surface area (Å²) in [7, 11) is 0. The van der Waals surface area contributed by atoms with Crippen molar-refractivity contribution in [2.24, 2.45) is 17.6 Å². The molecule has 2 aliphatic carbocycles. The van der Waals surface area contributed by atoms with Crippen LogP contribution in [0.4, 0.5) is 11.4 Å². The van der Waals surface area contributed by atoms with Crippen LogP contribution in [0, 0.1) is 11.8 Å². The minimum absolute atomic E-state index is 0.0283. The molecule has 5 aliphatic rings. The highest BCUT2D eigenvalue weighted by Crippen LogP contribution is 2.34. The Morgan fingerprint density at radius 2 is 1.56 bits per heavy atom. The molecule has 382 valence electrons. The van der Waals surface area contributed by atoms with Gasteiger partial charge in [0.15, 0.2) is 0 Å². The normalized spacial score (nSPS) is 24.6. The zero-order valence-electron chi connectivity index (χ0n) is 41.9. The van der Waals surface area contributed by atoms with E-state index in [9.17, 15) is 24.3 Å². The third kappa shape index (κ3) is 12.6. The van der Waals surface area contributed by atoms with Crippen LogP contribution < -0.4 is 26.6 Å². The molecule has 5 heterocycles. The van der Waals surface area contributed by atoms with Gasteiger partial charge in [-0.05, 0) is 160 Å². The Bertz CT molecular complexity index is 2760. The Labute approximate surface area is 433 Å². The minimum Gasteiger partial charge on any atom is -0.372 e. The zero-order valence-corrected chi connectivity index (χ0v) is 42.8. The van der Waals surface area contributed by atoms with Gasteiger partial charge in [0.05, 0.1) is 17.9 Å². The number of carbonyl (C=O) groups is 4. The molecule has 4 amide bonds. The van der Waals surface area contributed by atoms with Crippen molar-refractivity contribution in [3.63, 3.8) is 0 Å². The number of aliphatic hydroxyl groups excluding tert-OH is 1. The first kappa shape index (κ1) is 50.4. The van der Waals surface area contributed by atoms with Crippen LogP contribution in [0.3, 0.4) is 0 Å². The molecule has 3 aliphatic heterocycles. The number of rotatable bonds is 14. The number of hydrogen-bond acceptors (Lipinski definition) is 11. The van der Waals surface area contributed by atoms with E-state index in [0.29, 0.717) is 47.7 Å². The second-order valence-electron chi connectivity index (χ2n) is 21.5. The number of aromatic nitrogens is 2. The van der Waals surface area contributed by atoms with Gasteiger partial charge in [0.2, 0.25) is 5.91 Å². The van der Waals surface area contributed by atoms with E-state index in [0.717, 1.165) is 84.3 Å². The second-order valence-corrected chi connectivity index (χ2v) is 22.6. The van der Waals surface area contributed by atoms with Crippen LogP contribution >= 0.6 is 11.8 Å². The number of anilines is 2. The average Bonchev–Trinajstić information content (AvgIpc) is 3.61. The lowest BCUT2D eigenvalue weighted by atomic mass is 9.81. The molecule has 10 rings (SSSR count). The number of amides is 4. The predicted octanol–water partition coefficient (Wildman–Crippen LogP) is 8.13. The van der Waals surface area contributed by atoms with Crippen molar-refractivity contribution in [1.82, 2.24) is 30.4 Å². The molecule has 4 unspecified atom stereocenters. The zero-order chi connectivity index (χ0) is 50.5. The molecular formula is C58H69N9O5S. The summed E-state index contributed by atoms with van der Waals surface area (Å²) in [6.07, 6.45) is 16.1. The van der Waals surface area contributed by atoms with Crippen molar-refractivity contribution in [3.8, 4) is 0 Å². The molecule has 2 aromatic heterocycles. The number of pyridine rings is 2. The number of hydrogen-bond donors (Lipinski definition) is 5. The first-order valence-electron chi connectivity index (χ1n) is 26.4. The van der Waals surface area contributed by atoms with Gasteiger partial charge in [-0.2, -0.15) is 0 Å². The van der Waals surface area contributed by atoms with E-state index in [2.05, 4.69) is 68.0 Å². The van der Waals surface area contributed by atoms with Gasteiger partial charge in [-0.25, -0.2) is 9.97 Å². The number of nitrogens with one attached hydrogen (secondary N) is 3. The number of fused-ring (bicyclic) bond motifs is 1. The summed E-state index contributed by atoms with van der Waals surface area (Å²) in [5, 5.41) is 19.9. The molecule has 2 saturated carbocycles. The van der Waals surface area contributed by atoms with Crippen molar-refractivity contribution < 1.29 is 24.3 Å². The number of piperidine rings is 1. The van der Waals surface area contributed by atoms with Crippen LogP contribution in [-0.4, -0.2) is 98.5 Å². The monoisotopic (exact) mass is 1000 g/mol. The van der Waals surface area contributed by atoms with Gasteiger partial charge in [-0.15, -0.1) is 0 Å². The number of nitrogens with zero attached hydrogens (tertiary/aromatic N) is 5. The molecule has 14 nitrogen and oxygen atoms in total. The Morgan fingerprint density at radius 3 is 2.32 bits per heavy atom. The first-order valence-corrected chi connectivity index (χ1v) is 27.3. The maximum absolute atomic E-state index is 13.3. The van der Waals surface area contributed by atoms with Crippen LogP contribution in [0.15, 0.2) is 113 Å². The Hall–Kier alpha value is -6.13. The lowest BCUT2D eigenvalue weighted by molar-refractivity contribution is -0.129. The van der Waals surface area contributed by atoms with Gasteiger partial charge in [0.1, 0.15) is 16.9 Å². The molecule has 4 fully saturated rings. The highest BCUT2D eigenvalue weighted by atomic mass is 32.2. The standard InChI is InChI=1S/C58H69N9O5S/c1-58(59)24-3-4-38(23-25-58)31-41-12-22-53(61-34-41)73-48-6-2-5-45(33-48)63-54(69)43-13-7-39(8-14-43)30-40-9-15-46(16-10-40)65-26-28-66(29-27-65)47-17-19-50(60-36-47)55(70)62-35-42-11-18-49-44(32-42)37-67(57(49)72)51-20-21-52(68)64-56(51)71/h2,5-8,11-14,17-19,22,32-34,36,38,40,46,51,56,71H,3-4,9-10,15-16,20-21,23-31,35,37,59H2,1H3,(H,62,70)(H,63,69)(H,64,68). The van der Waals surface area contributed by atoms with E-state index in [4.69, 9.17) is 10.7 Å². The summed E-state index contributed by atoms with van der Waals surface area (Å²) < 4.78 is 0. The molecule has 4 atom stereocenters. The molecule has 73 heavy (non-hydrogen) atoms. The van der Waals surface area contributed by atoms with Crippen molar-refractivity contribution in [3.05, 3.63) is 142 Å². The maximum Gasteiger partial charge on any atom is 0.270 e. The van der Waals surface area contributed by atoms with Gasteiger partial charge in [0, 0.05) is 85.2 Å².